The fourth-order valence-corrected chi connectivity index (χ4v) is 6.91. The van der Waals surface area contributed by atoms with E-state index in [-0.39, 0.29) is 17.6 Å². The normalized spacial score (nSPS) is 18.6. The number of anilines is 1. The van der Waals surface area contributed by atoms with Crippen molar-refractivity contribution in [3.05, 3.63) is 124 Å². The molecule has 284 valence electrons. The molecule has 0 amide bonds. The Bertz CT molecular complexity index is 1790. The number of hydrogen-bond acceptors (Lipinski definition) is 9. The molecule has 9 nitrogen and oxygen atoms in total. The van der Waals surface area contributed by atoms with Gasteiger partial charge in [-0.15, -0.1) is 0 Å². The van der Waals surface area contributed by atoms with Crippen molar-refractivity contribution in [3.63, 3.8) is 0 Å². The van der Waals surface area contributed by atoms with Gasteiger partial charge in [0.1, 0.15) is 17.1 Å². The average molecular weight is 726 g/mol. The van der Waals surface area contributed by atoms with E-state index in [0.29, 0.717) is 61.2 Å². The lowest BCUT2D eigenvalue weighted by atomic mass is 9.78. The van der Waals surface area contributed by atoms with Crippen molar-refractivity contribution < 1.29 is 38.3 Å². The SMILES string of the molecule is CCCN(Cc1ccccc1)c1cccc(C(O)(c2cc(C3OCC(C)(C)CO3)ccc2OC)c2cc(C3OCC(C)(C)CO3)ccc2OCOC)c1. The molecule has 2 fully saturated rings. The van der Waals surface area contributed by atoms with E-state index < -0.39 is 18.2 Å². The summed E-state index contributed by atoms with van der Waals surface area (Å²) >= 11 is 0. The molecule has 4 aromatic carbocycles. The monoisotopic (exact) mass is 725 g/mol. The second-order valence-corrected chi connectivity index (χ2v) is 15.7. The quantitative estimate of drug-likeness (QED) is 0.102. The molecule has 0 aliphatic carbocycles. The van der Waals surface area contributed by atoms with Gasteiger partial charge in [0.15, 0.2) is 19.4 Å². The summed E-state index contributed by atoms with van der Waals surface area (Å²) in [5.74, 6) is 0.927. The molecular weight excluding hydrogens is 670 g/mol. The lowest BCUT2D eigenvalue weighted by Gasteiger charge is -2.37. The average Bonchev–Trinajstić information content (AvgIpc) is 3.17. The van der Waals surface area contributed by atoms with Gasteiger partial charge in [0.2, 0.25) is 0 Å². The molecule has 1 atom stereocenters. The van der Waals surface area contributed by atoms with Crippen molar-refractivity contribution in [1.82, 2.24) is 0 Å². The fourth-order valence-electron chi connectivity index (χ4n) is 6.91. The molecule has 0 saturated carbocycles. The summed E-state index contributed by atoms with van der Waals surface area (Å²) in [5.41, 5.74) is 3.26. The number of methoxy groups -OCH3 is 2. The topological polar surface area (TPSA) is 88.1 Å². The molecular formula is C44H55NO8. The van der Waals surface area contributed by atoms with Crippen LogP contribution < -0.4 is 14.4 Å². The van der Waals surface area contributed by atoms with E-state index in [0.717, 1.165) is 29.8 Å². The van der Waals surface area contributed by atoms with E-state index in [1.54, 1.807) is 14.2 Å². The van der Waals surface area contributed by atoms with E-state index in [4.69, 9.17) is 33.2 Å². The van der Waals surface area contributed by atoms with E-state index in [1.807, 2.05) is 54.6 Å². The maximum absolute atomic E-state index is 13.8. The first-order valence-corrected chi connectivity index (χ1v) is 18.5. The molecule has 4 aromatic rings. The van der Waals surface area contributed by atoms with Crippen LogP contribution in [0.15, 0.2) is 91.0 Å². The summed E-state index contributed by atoms with van der Waals surface area (Å²) in [6.45, 7) is 14.3. The van der Waals surface area contributed by atoms with Crippen LogP contribution in [-0.2, 0) is 35.8 Å². The summed E-state index contributed by atoms with van der Waals surface area (Å²) in [4.78, 5) is 2.34. The molecule has 2 saturated heterocycles. The first kappa shape index (κ1) is 38.8. The predicted octanol–water partition coefficient (Wildman–Crippen LogP) is 8.52. The van der Waals surface area contributed by atoms with Crippen molar-refractivity contribution in [2.75, 3.05) is 58.9 Å². The van der Waals surface area contributed by atoms with Gasteiger partial charge in [-0.3, -0.25) is 0 Å². The number of rotatable bonds is 14. The maximum atomic E-state index is 13.8. The van der Waals surface area contributed by atoms with Crippen LogP contribution in [-0.4, -0.2) is 59.1 Å². The minimum Gasteiger partial charge on any atom is -0.496 e. The van der Waals surface area contributed by atoms with E-state index in [9.17, 15) is 5.11 Å². The zero-order chi connectivity index (χ0) is 37.6. The van der Waals surface area contributed by atoms with Crippen molar-refractivity contribution in [2.24, 2.45) is 10.8 Å². The summed E-state index contributed by atoms with van der Waals surface area (Å²) < 4.78 is 42.6. The predicted molar refractivity (Wildman–Crippen MR) is 205 cm³/mol. The van der Waals surface area contributed by atoms with Crippen molar-refractivity contribution in [1.29, 1.82) is 0 Å². The highest BCUT2D eigenvalue weighted by Crippen LogP contribution is 2.48. The Hall–Kier alpha value is -3.96. The van der Waals surface area contributed by atoms with E-state index in [1.165, 1.54) is 5.56 Å². The standard InChI is InChI=1S/C44H55NO8/c1-8-21-45(25-31-13-10-9-11-14-31)35-16-12-15-34(24-35)44(46,36-22-32(17-19-38(36)48-7)40-49-26-42(2,3)27-50-40)37-23-33(18-20-39(37)53-30-47-6)41-51-28-43(4,5)29-52-41/h9-20,22-24,40-41,46H,8,21,25-30H2,1-7H3. The Morgan fingerprint density at radius 1 is 0.717 bits per heavy atom. The van der Waals surface area contributed by atoms with Crippen LogP contribution in [0.25, 0.3) is 0 Å². The second kappa shape index (κ2) is 16.6. The summed E-state index contributed by atoms with van der Waals surface area (Å²) in [6, 6.07) is 29.9. The van der Waals surface area contributed by atoms with Crippen LogP contribution in [0.3, 0.4) is 0 Å². The third-order valence-electron chi connectivity index (χ3n) is 9.72. The Labute approximate surface area is 314 Å². The van der Waals surface area contributed by atoms with Crippen LogP contribution in [0.5, 0.6) is 11.5 Å². The zero-order valence-corrected chi connectivity index (χ0v) is 32.2. The minimum atomic E-state index is -1.82. The molecule has 1 N–H and O–H groups in total. The van der Waals surface area contributed by atoms with E-state index >= 15 is 0 Å². The van der Waals surface area contributed by atoms with Crippen molar-refractivity contribution in [3.8, 4) is 11.5 Å². The van der Waals surface area contributed by atoms with Crippen LogP contribution >= 0.6 is 0 Å². The lowest BCUT2D eigenvalue weighted by Crippen LogP contribution is -2.35. The van der Waals surface area contributed by atoms with Crippen LogP contribution in [0.4, 0.5) is 5.69 Å². The number of nitrogens with zero attached hydrogens (tertiary/aromatic N) is 1. The highest BCUT2D eigenvalue weighted by Gasteiger charge is 2.42. The summed E-state index contributed by atoms with van der Waals surface area (Å²) in [7, 11) is 3.18. The first-order valence-electron chi connectivity index (χ1n) is 18.5. The summed E-state index contributed by atoms with van der Waals surface area (Å²) in [6.07, 6.45) is -0.289. The Morgan fingerprint density at radius 2 is 1.28 bits per heavy atom. The van der Waals surface area contributed by atoms with Gasteiger partial charge < -0.3 is 43.2 Å². The van der Waals surface area contributed by atoms with Crippen LogP contribution in [0.2, 0.25) is 0 Å². The van der Waals surface area contributed by atoms with Gasteiger partial charge in [0, 0.05) is 59.0 Å². The number of ether oxygens (including phenoxy) is 7. The molecule has 2 aliphatic heterocycles. The molecule has 53 heavy (non-hydrogen) atoms. The fraction of sp³-hybridized carbons (Fsp3) is 0.455. The molecule has 0 spiro atoms. The lowest BCUT2D eigenvalue weighted by molar-refractivity contribution is -0.226. The molecule has 1 unspecified atom stereocenters. The van der Waals surface area contributed by atoms with Crippen LogP contribution in [0, 0.1) is 10.8 Å². The molecule has 2 heterocycles. The van der Waals surface area contributed by atoms with E-state index in [2.05, 4.69) is 75.9 Å². The molecule has 0 bridgehead atoms. The Balaban J connectivity index is 1.54. The number of hydrogen-bond donors (Lipinski definition) is 1. The zero-order valence-electron chi connectivity index (χ0n) is 32.2. The van der Waals surface area contributed by atoms with Crippen molar-refractivity contribution >= 4 is 5.69 Å². The first-order chi connectivity index (χ1) is 25.5. The van der Waals surface area contributed by atoms with Gasteiger partial charge in [0.05, 0.1) is 33.5 Å². The molecule has 0 aromatic heterocycles. The third-order valence-corrected chi connectivity index (χ3v) is 9.72. The van der Waals surface area contributed by atoms with Crippen molar-refractivity contribution in [2.45, 2.75) is 65.8 Å². The summed E-state index contributed by atoms with van der Waals surface area (Å²) in [5, 5.41) is 13.8. The largest absolute Gasteiger partial charge is 0.496 e. The van der Waals surface area contributed by atoms with Gasteiger partial charge >= 0.3 is 0 Å². The number of aliphatic hydroxyl groups is 1. The smallest absolute Gasteiger partial charge is 0.188 e. The van der Waals surface area contributed by atoms with Gasteiger partial charge in [-0.05, 0) is 53.9 Å². The highest BCUT2D eigenvalue weighted by molar-refractivity contribution is 5.61. The minimum absolute atomic E-state index is 0.0227. The highest BCUT2D eigenvalue weighted by atomic mass is 16.7. The third kappa shape index (κ3) is 8.89. The number of benzene rings is 4. The Morgan fingerprint density at radius 3 is 1.83 bits per heavy atom. The van der Waals surface area contributed by atoms with Gasteiger partial charge in [-0.2, -0.15) is 0 Å². The molecule has 2 aliphatic rings. The Kier molecular flexibility index (Phi) is 12.1. The second-order valence-electron chi connectivity index (χ2n) is 15.7. The van der Waals surface area contributed by atoms with Crippen LogP contribution in [0.1, 0.15) is 87.0 Å². The maximum Gasteiger partial charge on any atom is 0.188 e. The molecule has 6 rings (SSSR count). The molecule has 9 heteroatoms. The van der Waals surface area contributed by atoms with Gasteiger partial charge in [0.25, 0.3) is 0 Å². The van der Waals surface area contributed by atoms with Gasteiger partial charge in [-0.1, -0.05) is 89.2 Å². The molecule has 0 radical (unpaired) electrons. The van der Waals surface area contributed by atoms with Gasteiger partial charge in [-0.25, -0.2) is 0 Å².